The van der Waals surface area contributed by atoms with Crippen LogP contribution in [0.3, 0.4) is 0 Å². The van der Waals surface area contributed by atoms with E-state index in [-0.39, 0.29) is 11.3 Å². The summed E-state index contributed by atoms with van der Waals surface area (Å²) in [4.78, 5) is 31.5. The van der Waals surface area contributed by atoms with Crippen molar-refractivity contribution >= 4 is 17.4 Å². The summed E-state index contributed by atoms with van der Waals surface area (Å²) in [6, 6.07) is 8.09. The second-order valence-electron chi connectivity index (χ2n) is 8.31. The standard InChI is InChI=1S/C25H30N2O5/c1-16(2)15-32-20-9-8-18(13-17(20)3)23(28)21-22(19-7-5-10-26-14-19)27(11-6-12-31-4)25(30)24(21)29/h5,7-10,13-14,16,22,28H,6,11-12,15H2,1-4H3/b23-21+/t22-/m0/s1. The molecule has 3 rings (SSSR count). The largest absolute Gasteiger partial charge is 0.507 e. The molecule has 0 spiro atoms. The number of aliphatic hydroxyl groups is 1. The summed E-state index contributed by atoms with van der Waals surface area (Å²) in [6.45, 7) is 7.39. The highest BCUT2D eigenvalue weighted by Gasteiger charge is 2.45. The highest BCUT2D eigenvalue weighted by Crippen LogP contribution is 2.39. The van der Waals surface area contributed by atoms with E-state index in [9.17, 15) is 14.7 Å². The van der Waals surface area contributed by atoms with Gasteiger partial charge in [0.2, 0.25) is 0 Å². The number of amides is 1. The smallest absolute Gasteiger partial charge is 0.295 e. The van der Waals surface area contributed by atoms with E-state index in [4.69, 9.17) is 9.47 Å². The van der Waals surface area contributed by atoms with Gasteiger partial charge in [0.15, 0.2) is 0 Å². The van der Waals surface area contributed by atoms with E-state index in [1.807, 2.05) is 6.92 Å². The first-order valence-corrected chi connectivity index (χ1v) is 10.8. The quantitative estimate of drug-likeness (QED) is 0.277. The molecule has 0 radical (unpaired) electrons. The summed E-state index contributed by atoms with van der Waals surface area (Å²) in [5.41, 5.74) is 2.03. The number of ether oxygens (including phenoxy) is 2. The van der Waals surface area contributed by atoms with E-state index in [2.05, 4.69) is 18.8 Å². The molecule has 7 nitrogen and oxygen atoms in total. The number of likely N-dealkylation sites (tertiary alicyclic amines) is 1. The van der Waals surface area contributed by atoms with Gasteiger partial charge in [-0.15, -0.1) is 0 Å². The number of methoxy groups -OCH3 is 1. The predicted octanol–water partition coefficient (Wildman–Crippen LogP) is 3.88. The van der Waals surface area contributed by atoms with Crippen molar-refractivity contribution in [1.29, 1.82) is 0 Å². The molecule has 0 bridgehead atoms. The van der Waals surface area contributed by atoms with Crippen LogP contribution in [-0.2, 0) is 14.3 Å². The molecule has 2 heterocycles. The molecule has 1 aliphatic rings. The van der Waals surface area contributed by atoms with Crippen LogP contribution in [0.25, 0.3) is 5.76 Å². The average molecular weight is 439 g/mol. The fraction of sp³-hybridized carbons (Fsp3) is 0.400. The Bertz CT molecular complexity index is 1000. The van der Waals surface area contributed by atoms with Gasteiger partial charge < -0.3 is 19.5 Å². The first kappa shape index (κ1) is 23.5. The topological polar surface area (TPSA) is 89.0 Å². The highest BCUT2D eigenvalue weighted by molar-refractivity contribution is 6.46. The van der Waals surface area contributed by atoms with E-state index in [0.29, 0.717) is 43.2 Å². The normalized spacial score (nSPS) is 17.9. The molecular weight excluding hydrogens is 408 g/mol. The third-order valence-electron chi connectivity index (χ3n) is 5.31. The van der Waals surface area contributed by atoms with Crippen molar-refractivity contribution in [2.45, 2.75) is 33.2 Å². The molecule has 1 saturated heterocycles. The lowest BCUT2D eigenvalue weighted by atomic mass is 9.95. The number of nitrogens with zero attached hydrogens (tertiary/aromatic N) is 2. The second kappa shape index (κ2) is 10.4. The Morgan fingerprint density at radius 3 is 2.66 bits per heavy atom. The molecular formula is C25H30N2O5. The van der Waals surface area contributed by atoms with Gasteiger partial charge in [0, 0.05) is 38.2 Å². The number of aromatic nitrogens is 1. The molecule has 32 heavy (non-hydrogen) atoms. The molecule has 1 aromatic heterocycles. The van der Waals surface area contributed by atoms with Gasteiger partial charge >= 0.3 is 0 Å². The highest BCUT2D eigenvalue weighted by atomic mass is 16.5. The van der Waals surface area contributed by atoms with Crippen LogP contribution in [0, 0.1) is 12.8 Å². The van der Waals surface area contributed by atoms with E-state index in [1.165, 1.54) is 4.90 Å². The Kier molecular flexibility index (Phi) is 7.64. The number of carbonyl (C=O) groups is 2. The number of rotatable bonds is 9. The predicted molar refractivity (Wildman–Crippen MR) is 121 cm³/mol. The molecule has 0 unspecified atom stereocenters. The first-order chi connectivity index (χ1) is 15.3. The van der Waals surface area contributed by atoms with Crippen LogP contribution in [0.2, 0.25) is 0 Å². The third-order valence-corrected chi connectivity index (χ3v) is 5.31. The molecule has 1 aromatic carbocycles. The fourth-order valence-corrected chi connectivity index (χ4v) is 3.74. The summed E-state index contributed by atoms with van der Waals surface area (Å²) in [6.07, 6.45) is 3.81. The lowest BCUT2D eigenvalue weighted by Crippen LogP contribution is -2.31. The minimum Gasteiger partial charge on any atom is -0.507 e. The van der Waals surface area contributed by atoms with Crippen molar-refractivity contribution in [3.63, 3.8) is 0 Å². The monoisotopic (exact) mass is 438 g/mol. The SMILES string of the molecule is COCCCN1C(=O)C(=O)/C(=C(/O)c2ccc(OCC(C)C)c(C)c2)[C@@H]1c1cccnc1. The number of aliphatic hydroxyl groups excluding tert-OH is 1. The number of aryl methyl sites for hydroxylation is 1. The third kappa shape index (κ3) is 4.99. The number of carbonyl (C=O) groups excluding carboxylic acids is 2. The lowest BCUT2D eigenvalue weighted by Gasteiger charge is -2.25. The lowest BCUT2D eigenvalue weighted by molar-refractivity contribution is -0.140. The zero-order valence-corrected chi connectivity index (χ0v) is 19.0. The molecule has 7 heteroatoms. The van der Waals surface area contributed by atoms with Gasteiger partial charge in [-0.05, 0) is 54.7 Å². The maximum atomic E-state index is 13.0. The molecule has 1 fully saturated rings. The van der Waals surface area contributed by atoms with Crippen LogP contribution in [-0.4, -0.2) is 53.5 Å². The molecule has 2 aromatic rings. The Labute approximate surface area is 188 Å². The number of ketones is 1. The van der Waals surface area contributed by atoms with Gasteiger partial charge in [-0.1, -0.05) is 19.9 Å². The maximum absolute atomic E-state index is 13.0. The number of Topliss-reactive ketones (excluding diaryl/α,β-unsaturated/α-hetero) is 1. The van der Waals surface area contributed by atoms with Gasteiger partial charge in [-0.3, -0.25) is 14.6 Å². The molecule has 170 valence electrons. The Morgan fingerprint density at radius 2 is 2.03 bits per heavy atom. The van der Waals surface area contributed by atoms with E-state index in [1.54, 1.807) is 49.8 Å². The van der Waals surface area contributed by atoms with E-state index >= 15 is 0 Å². The number of hydrogen-bond donors (Lipinski definition) is 1. The van der Waals surface area contributed by atoms with Crippen molar-refractivity contribution in [2.75, 3.05) is 26.9 Å². The second-order valence-corrected chi connectivity index (χ2v) is 8.31. The van der Waals surface area contributed by atoms with E-state index < -0.39 is 17.7 Å². The van der Waals surface area contributed by atoms with Crippen molar-refractivity contribution in [3.8, 4) is 5.75 Å². The van der Waals surface area contributed by atoms with Gasteiger partial charge in [0.25, 0.3) is 11.7 Å². The average Bonchev–Trinajstić information content (AvgIpc) is 3.03. The van der Waals surface area contributed by atoms with Crippen LogP contribution >= 0.6 is 0 Å². The van der Waals surface area contributed by atoms with Gasteiger partial charge in [-0.2, -0.15) is 0 Å². The summed E-state index contributed by atoms with van der Waals surface area (Å²) in [7, 11) is 1.59. The Morgan fingerprint density at radius 1 is 1.25 bits per heavy atom. The van der Waals surface area contributed by atoms with Gasteiger partial charge in [0.05, 0.1) is 18.2 Å². The van der Waals surface area contributed by atoms with Crippen LogP contribution in [0.5, 0.6) is 5.75 Å². The van der Waals surface area contributed by atoms with Crippen LogP contribution in [0.15, 0.2) is 48.3 Å². The summed E-state index contributed by atoms with van der Waals surface area (Å²) < 4.78 is 10.9. The zero-order valence-electron chi connectivity index (χ0n) is 19.0. The minimum absolute atomic E-state index is 0.0654. The van der Waals surface area contributed by atoms with Crippen LogP contribution in [0.4, 0.5) is 0 Å². The molecule has 1 N–H and O–H groups in total. The molecule has 0 saturated carbocycles. The fourth-order valence-electron chi connectivity index (χ4n) is 3.74. The maximum Gasteiger partial charge on any atom is 0.295 e. The molecule has 1 atom stereocenters. The number of benzene rings is 1. The molecule has 1 aliphatic heterocycles. The first-order valence-electron chi connectivity index (χ1n) is 10.8. The summed E-state index contributed by atoms with van der Waals surface area (Å²) >= 11 is 0. The summed E-state index contributed by atoms with van der Waals surface area (Å²) in [5.74, 6) is -0.434. The van der Waals surface area contributed by atoms with Crippen LogP contribution < -0.4 is 4.74 Å². The number of hydrogen-bond acceptors (Lipinski definition) is 6. The van der Waals surface area contributed by atoms with Crippen molar-refractivity contribution in [3.05, 3.63) is 65.0 Å². The van der Waals surface area contributed by atoms with Crippen molar-refractivity contribution in [1.82, 2.24) is 9.88 Å². The zero-order chi connectivity index (χ0) is 23.3. The summed E-state index contributed by atoms with van der Waals surface area (Å²) in [5, 5.41) is 11.2. The minimum atomic E-state index is -0.710. The number of pyridine rings is 1. The van der Waals surface area contributed by atoms with E-state index in [0.717, 1.165) is 11.3 Å². The molecule has 1 amide bonds. The van der Waals surface area contributed by atoms with Crippen molar-refractivity contribution < 1.29 is 24.2 Å². The Balaban J connectivity index is 2.03. The van der Waals surface area contributed by atoms with Gasteiger partial charge in [0.1, 0.15) is 11.5 Å². The van der Waals surface area contributed by atoms with Crippen LogP contribution in [0.1, 0.15) is 43.0 Å². The Hall–Kier alpha value is -3.19. The molecule has 0 aliphatic carbocycles. The van der Waals surface area contributed by atoms with Gasteiger partial charge in [-0.25, -0.2) is 0 Å². The van der Waals surface area contributed by atoms with Crippen molar-refractivity contribution in [2.24, 2.45) is 5.92 Å².